The molecule has 2 heterocycles. The highest BCUT2D eigenvalue weighted by atomic mass is 35.5. The van der Waals surface area contributed by atoms with Crippen LogP contribution >= 0.6 is 23.2 Å². The van der Waals surface area contributed by atoms with Crippen LogP contribution in [-0.2, 0) is 16.1 Å². The molecule has 2 aliphatic rings. The number of fused-ring (bicyclic) bond motifs is 1. The van der Waals surface area contributed by atoms with Gasteiger partial charge in [-0.1, -0.05) is 41.4 Å². The molecule has 0 bridgehead atoms. The lowest BCUT2D eigenvalue weighted by Gasteiger charge is -2.34. The van der Waals surface area contributed by atoms with E-state index in [0.717, 1.165) is 28.1 Å². The Bertz CT molecular complexity index is 900. The quantitative estimate of drug-likeness (QED) is 0.775. The number of likely N-dealkylation sites (N-methyl/N-ethyl adjacent to an activating group) is 1. The van der Waals surface area contributed by atoms with E-state index < -0.39 is 6.09 Å². The minimum Gasteiger partial charge on any atom is -0.439 e. The third kappa shape index (κ3) is 2.86. The van der Waals surface area contributed by atoms with Crippen molar-refractivity contribution in [2.75, 3.05) is 25.1 Å². The minimum atomic E-state index is -0.643. The monoisotopic (exact) mass is 390 g/mol. The van der Waals surface area contributed by atoms with Crippen LogP contribution < -0.4 is 4.90 Å². The highest BCUT2D eigenvalue weighted by Gasteiger charge is 2.36. The maximum atomic E-state index is 12.2. The van der Waals surface area contributed by atoms with Crippen molar-refractivity contribution in [2.45, 2.75) is 12.5 Å². The van der Waals surface area contributed by atoms with E-state index >= 15 is 0 Å². The van der Waals surface area contributed by atoms with Crippen molar-refractivity contribution in [1.82, 2.24) is 4.90 Å². The number of hydrogen-bond donors (Lipinski definition) is 0. The molecular formula is C19H16Cl2N2O3. The highest BCUT2D eigenvalue weighted by molar-refractivity contribution is 6.35. The van der Waals surface area contributed by atoms with Crippen LogP contribution in [0.3, 0.4) is 0 Å². The number of carbonyl (C=O) groups is 2. The summed E-state index contributed by atoms with van der Waals surface area (Å²) in [5.41, 5.74) is 3.45. The molecule has 0 aliphatic carbocycles. The van der Waals surface area contributed by atoms with E-state index in [4.69, 9.17) is 27.9 Å². The summed E-state index contributed by atoms with van der Waals surface area (Å²) in [6, 6.07) is 11.0. The van der Waals surface area contributed by atoms with Crippen molar-refractivity contribution < 1.29 is 14.3 Å². The molecule has 1 saturated heterocycles. The van der Waals surface area contributed by atoms with E-state index in [0.29, 0.717) is 22.3 Å². The number of carbonyl (C=O) groups excluding carboxylic acids is 2. The van der Waals surface area contributed by atoms with Gasteiger partial charge in [0.2, 0.25) is 0 Å². The zero-order valence-corrected chi connectivity index (χ0v) is 15.5. The molecule has 26 heavy (non-hydrogen) atoms. The topological polar surface area (TPSA) is 49.9 Å². The summed E-state index contributed by atoms with van der Waals surface area (Å²) >= 11 is 12.7. The van der Waals surface area contributed by atoms with E-state index in [1.807, 2.05) is 25.2 Å². The first-order chi connectivity index (χ1) is 12.5. The summed E-state index contributed by atoms with van der Waals surface area (Å²) in [6.45, 7) is 1.21. The Hall–Kier alpha value is -2.08. The summed E-state index contributed by atoms with van der Waals surface area (Å²) < 4.78 is 4.89. The van der Waals surface area contributed by atoms with Gasteiger partial charge in [0.05, 0.1) is 5.69 Å². The van der Waals surface area contributed by atoms with Crippen LogP contribution in [0.1, 0.15) is 22.6 Å². The molecule has 2 amide bonds. The molecule has 0 aromatic heterocycles. The van der Waals surface area contributed by atoms with Crippen molar-refractivity contribution >= 4 is 40.9 Å². The van der Waals surface area contributed by atoms with Gasteiger partial charge in [0.15, 0.2) is 6.61 Å². The van der Waals surface area contributed by atoms with Crippen LogP contribution in [0, 0.1) is 0 Å². The lowest BCUT2D eigenvalue weighted by molar-refractivity contribution is -0.117. The molecule has 5 nitrogen and oxygen atoms in total. The molecule has 0 saturated carbocycles. The number of cyclic esters (lactones) is 1. The standard InChI is InChI=1S/C19H16Cl2N2O3/c1-22-8-14(13-6-11(20)7-16(21)15(13)9-22)12-4-2-3-5-17(12)23-18(24)10-26-19(23)25/h2-7,14H,8-10H2,1H3. The molecule has 134 valence electrons. The molecule has 1 fully saturated rings. The van der Waals surface area contributed by atoms with Gasteiger partial charge in [-0.15, -0.1) is 0 Å². The fourth-order valence-corrected chi connectivity index (χ4v) is 4.25. The SMILES string of the molecule is CN1Cc2c(Cl)cc(Cl)cc2C(c2ccccc2N2C(=O)COC2=O)C1. The van der Waals surface area contributed by atoms with Crippen molar-refractivity contribution in [2.24, 2.45) is 0 Å². The lowest BCUT2D eigenvalue weighted by Crippen LogP contribution is -2.34. The summed E-state index contributed by atoms with van der Waals surface area (Å²) in [5.74, 6) is -0.437. The Kier molecular flexibility index (Phi) is 4.39. The highest BCUT2D eigenvalue weighted by Crippen LogP contribution is 2.41. The van der Waals surface area contributed by atoms with Crippen molar-refractivity contribution in [3.8, 4) is 0 Å². The molecule has 2 aliphatic heterocycles. The molecule has 1 atom stereocenters. The normalized spacial score (nSPS) is 20.3. The number of nitrogens with zero attached hydrogens (tertiary/aromatic N) is 2. The molecule has 7 heteroatoms. The second kappa shape index (κ2) is 6.58. The molecule has 4 rings (SSSR count). The van der Waals surface area contributed by atoms with E-state index in [1.165, 1.54) is 0 Å². The fraction of sp³-hybridized carbons (Fsp3) is 0.263. The van der Waals surface area contributed by atoms with E-state index in [1.54, 1.807) is 18.2 Å². The van der Waals surface area contributed by atoms with Gasteiger partial charge in [0.1, 0.15) is 0 Å². The molecule has 2 aromatic rings. The van der Waals surface area contributed by atoms with E-state index in [-0.39, 0.29) is 18.4 Å². The van der Waals surface area contributed by atoms with Crippen LogP contribution in [0.2, 0.25) is 10.0 Å². The van der Waals surface area contributed by atoms with Crippen molar-refractivity contribution in [3.63, 3.8) is 0 Å². The zero-order valence-electron chi connectivity index (χ0n) is 14.0. The summed E-state index contributed by atoms with van der Waals surface area (Å²) in [6.07, 6.45) is -0.643. The van der Waals surface area contributed by atoms with Crippen LogP contribution in [0.25, 0.3) is 0 Å². The number of para-hydroxylation sites is 1. The number of halogens is 2. The Morgan fingerprint density at radius 1 is 1.12 bits per heavy atom. The van der Waals surface area contributed by atoms with Crippen LogP contribution in [-0.4, -0.2) is 37.1 Å². The number of amides is 2. The first-order valence-electron chi connectivity index (χ1n) is 8.20. The average Bonchev–Trinajstić information content (AvgIpc) is 2.93. The van der Waals surface area contributed by atoms with E-state index in [2.05, 4.69) is 4.90 Å². The fourth-order valence-electron chi connectivity index (χ4n) is 3.68. The Morgan fingerprint density at radius 3 is 2.62 bits per heavy atom. The Balaban J connectivity index is 1.88. The van der Waals surface area contributed by atoms with Gasteiger partial charge in [-0.25, -0.2) is 9.69 Å². The van der Waals surface area contributed by atoms with Gasteiger partial charge in [-0.2, -0.15) is 0 Å². The first-order valence-corrected chi connectivity index (χ1v) is 8.96. The summed E-state index contributed by atoms with van der Waals surface area (Å²) in [4.78, 5) is 27.5. The van der Waals surface area contributed by atoms with Gasteiger partial charge in [0, 0.05) is 29.1 Å². The average molecular weight is 391 g/mol. The summed E-state index contributed by atoms with van der Waals surface area (Å²) in [5, 5.41) is 1.19. The largest absolute Gasteiger partial charge is 0.439 e. The second-order valence-corrected chi connectivity index (χ2v) is 7.39. The van der Waals surface area contributed by atoms with Gasteiger partial charge in [-0.05, 0) is 41.9 Å². The maximum absolute atomic E-state index is 12.2. The maximum Gasteiger partial charge on any atom is 0.421 e. The van der Waals surface area contributed by atoms with Crippen LogP contribution in [0.15, 0.2) is 36.4 Å². The van der Waals surface area contributed by atoms with Crippen LogP contribution in [0.4, 0.5) is 10.5 Å². The minimum absolute atomic E-state index is 0.0719. The molecule has 1 unspecified atom stereocenters. The lowest BCUT2D eigenvalue weighted by atomic mass is 9.83. The summed E-state index contributed by atoms with van der Waals surface area (Å²) in [7, 11) is 2.01. The van der Waals surface area contributed by atoms with Crippen molar-refractivity contribution in [1.29, 1.82) is 0 Å². The number of benzene rings is 2. The van der Waals surface area contributed by atoms with Gasteiger partial charge < -0.3 is 9.64 Å². The smallest absolute Gasteiger partial charge is 0.421 e. The van der Waals surface area contributed by atoms with Gasteiger partial charge in [-0.3, -0.25) is 4.79 Å². The predicted octanol–water partition coefficient (Wildman–Crippen LogP) is 4.05. The predicted molar refractivity (Wildman–Crippen MR) is 99.9 cm³/mol. The third-order valence-corrected chi connectivity index (χ3v) is 5.35. The first kappa shape index (κ1) is 17.3. The number of rotatable bonds is 2. The Morgan fingerprint density at radius 2 is 1.88 bits per heavy atom. The molecule has 2 aromatic carbocycles. The zero-order chi connectivity index (χ0) is 18.4. The molecule has 0 radical (unpaired) electrons. The number of imide groups is 1. The van der Waals surface area contributed by atoms with Crippen LogP contribution in [0.5, 0.6) is 0 Å². The molecular weight excluding hydrogens is 375 g/mol. The number of anilines is 1. The van der Waals surface area contributed by atoms with Gasteiger partial charge in [0.25, 0.3) is 5.91 Å². The second-order valence-electron chi connectivity index (χ2n) is 6.55. The van der Waals surface area contributed by atoms with E-state index in [9.17, 15) is 9.59 Å². The number of hydrogen-bond acceptors (Lipinski definition) is 4. The van der Waals surface area contributed by atoms with Gasteiger partial charge >= 0.3 is 6.09 Å². The number of ether oxygens (including phenoxy) is 1. The molecule has 0 spiro atoms. The Labute approximate surface area is 161 Å². The third-order valence-electron chi connectivity index (χ3n) is 4.80. The molecule has 0 N–H and O–H groups in total. The van der Waals surface area contributed by atoms with Crippen molar-refractivity contribution in [3.05, 3.63) is 63.1 Å².